The van der Waals surface area contributed by atoms with Crippen molar-refractivity contribution in [2.75, 3.05) is 25.1 Å². The summed E-state index contributed by atoms with van der Waals surface area (Å²) in [5.74, 6) is 1.48. The van der Waals surface area contributed by atoms with Crippen LogP contribution in [0.25, 0.3) is 22.5 Å². The molecule has 1 aliphatic carbocycles. The molecule has 2 aromatic heterocycles. The van der Waals surface area contributed by atoms with E-state index in [2.05, 4.69) is 30.4 Å². The van der Waals surface area contributed by atoms with Gasteiger partial charge in [0.2, 0.25) is 5.88 Å². The van der Waals surface area contributed by atoms with E-state index in [9.17, 15) is 5.11 Å². The van der Waals surface area contributed by atoms with Crippen molar-refractivity contribution in [1.29, 1.82) is 0 Å². The van der Waals surface area contributed by atoms with Crippen molar-refractivity contribution in [3.63, 3.8) is 0 Å². The van der Waals surface area contributed by atoms with Crippen molar-refractivity contribution in [2.45, 2.75) is 37.8 Å². The van der Waals surface area contributed by atoms with Gasteiger partial charge >= 0.3 is 0 Å². The molecule has 2 aliphatic rings. The van der Waals surface area contributed by atoms with Crippen LogP contribution in [0.3, 0.4) is 0 Å². The van der Waals surface area contributed by atoms with Gasteiger partial charge in [-0.15, -0.1) is 10.2 Å². The lowest BCUT2D eigenvalue weighted by atomic mass is 9.92. The zero-order valence-corrected chi connectivity index (χ0v) is 17.5. The summed E-state index contributed by atoms with van der Waals surface area (Å²) in [6.45, 7) is 1.95. The molecule has 0 unspecified atom stereocenters. The first kappa shape index (κ1) is 19.7. The highest BCUT2D eigenvalue weighted by Gasteiger charge is 2.27. The number of rotatable bonds is 6. The van der Waals surface area contributed by atoms with Gasteiger partial charge in [0.1, 0.15) is 12.1 Å². The third-order valence-corrected chi connectivity index (χ3v) is 6.16. The first-order valence-electron chi connectivity index (χ1n) is 10.7. The van der Waals surface area contributed by atoms with E-state index in [0.717, 1.165) is 30.9 Å². The van der Waals surface area contributed by atoms with Crippen LogP contribution in [0.15, 0.2) is 42.7 Å². The van der Waals surface area contributed by atoms with Gasteiger partial charge in [-0.1, -0.05) is 12.5 Å². The van der Waals surface area contributed by atoms with E-state index in [0.29, 0.717) is 34.9 Å². The molecule has 1 aromatic carbocycles. The van der Waals surface area contributed by atoms with Gasteiger partial charge in [-0.2, -0.15) is 0 Å². The molecule has 2 N–H and O–H groups in total. The van der Waals surface area contributed by atoms with Gasteiger partial charge in [0, 0.05) is 42.4 Å². The lowest BCUT2D eigenvalue weighted by Gasteiger charge is -2.29. The van der Waals surface area contributed by atoms with Crippen LogP contribution in [0.1, 0.15) is 25.7 Å². The predicted octanol–water partition coefficient (Wildman–Crippen LogP) is 3.04. The summed E-state index contributed by atoms with van der Waals surface area (Å²) >= 11 is 0. The zero-order valence-electron chi connectivity index (χ0n) is 17.5. The Morgan fingerprint density at radius 3 is 2.61 bits per heavy atom. The Morgan fingerprint density at radius 2 is 1.90 bits per heavy atom. The summed E-state index contributed by atoms with van der Waals surface area (Å²) in [7, 11) is 1.56. The molecule has 8 heteroatoms. The van der Waals surface area contributed by atoms with Crippen LogP contribution in [0.5, 0.6) is 11.6 Å². The van der Waals surface area contributed by atoms with Crippen LogP contribution in [0.2, 0.25) is 0 Å². The highest BCUT2D eigenvalue weighted by molar-refractivity contribution is 5.73. The maximum Gasteiger partial charge on any atom is 0.216 e. The number of benzene rings is 1. The first-order chi connectivity index (χ1) is 15.2. The van der Waals surface area contributed by atoms with E-state index in [1.54, 1.807) is 19.2 Å². The number of phenols is 1. The van der Waals surface area contributed by atoms with E-state index in [1.807, 2.05) is 24.3 Å². The number of aromatic hydroxyl groups is 1. The second-order valence-electron chi connectivity index (χ2n) is 8.18. The van der Waals surface area contributed by atoms with Gasteiger partial charge in [0.05, 0.1) is 18.5 Å². The van der Waals surface area contributed by atoms with Crippen LogP contribution in [-0.2, 0) is 0 Å². The molecular weight excluding hydrogens is 392 g/mol. The fraction of sp³-hybridized carbons (Fsp3) is 0.391. The van der Waals surface area contributed by atoms with E-state index < -0.39 is 0 Å². The van der Waals surface area contributed by atoms with Crippen molar-refractivity contribution in [3.8, 4) is 34.1 Å². The van der Waals surface area contributed by atoms with Crippen molar-refractivity contribution in [1.82, 2.24) is 25.5 Å². The lowest BCUT2D eigenvalue weighted by Crippen LogP contribution is -2.43. The van der Waals surface area contributed by atoms with Gasteiger partial charge < -0.3 is 20.1 Å². The lowest BCUT2D eigenvalue weighted by molar-refractivity contribution is 0.311. The van der Waals surface area contributed by atoms with Gasteiger partial charge in [0.15, 0.2) is 5.82 Å². The maximum absolute atomic E-state index is 10.6. The monoisotopic (exact) mass is 418 g/mol. The number of hydrogen-bond donors (Lipinski definition) is 2. The Bertz CT molecular complexity index is 1050. The van der Waals surface area contributed by atoms with Crippen LogP contribution in [0.4, 0.5) is 5.82 Å². The molecule has 0 amide bonds. The Balaban J connectivity index is 1.29. The molecule has 0 bridgehead atoms. The molecule has 0 radical (unpaired) electrons. The topological polar surface area (TPSA) is 96.3 Å². The molecule has 1 saturated carbocycles. The minimum absolute atomic E-state index is 0.128. The number of phenolic OH excluding ortho intramolecular Hbond substituents is 1. The molecule has 1 aliphatic heterocycles. The smallest absolute Gasteiger partial charge is 0.216 e. The molecule has 31 heavy (non-hydrogen) atoms. The highest BCUT2D eigenvalue weighted by atomic mass is 16.5. The number of anilines is 1. The zero-order chi connectivity index (χ0) is 21.2. The summed E-state index contributed by atoms with van der Waals surface area (Å²) in [5, 5.41) is 23.2. The third-order valence-electron chi connectivity index (χ3n) is 6.16. The molecule has 1 atom stereocenters. The number of methoxy groups -OCH3 is 1. The number of nitrogens with zero attached hydrogens (tertiary/aromatic N) is 5. The molecule has 5 rings (SSSR count). The van der Waals surface area contributed by atoms with Gasteiger partial charge in [-0.05, 0) is 43.5 Å². The molecule has 3 aromatic rings. The minimum atomic E-state index is 0.128. The largest absolute Gasteiger partial charge is 0.507 e. The van der Waals surface area contributed by atoms with Crippen molar-refractivity contribution >= 4 is 5.82 Å². The summed E-state index contributed by atoms with van der Waals surface area (Å²) in [6, 6.07) is 12.3. The summed E-state index contributed by atoms with van der Waals surface area (Å²) in [6.07, 6.45) is 6.53. The van der Waals surface area contributed by atoms with E-state index in [4.69, 9.17) is 4.74 Å². The number of aromatic nitrogens is 4. The van der Waals surface area contributed by atoms with Gasteiger partial charge in [-0.3, -0.25) is 0 Å². The fourth-order valence-electron chi connectivity index (χ4n) is 4.17. The van der Waals surface area contributed by atoms with E-state index >= 15 is 0 Å². The van der Waals surface area contributed by atoms with E-state index in [-0.39, 0.29) is 5.75 Å². The summed E-state index contributed by atoms with van der Waals surface area (Å²) in [4.78, 5) is 10.5. The maximum atomic E-state index is 10.6. The van der Waals surface area contributed by atoms with Crippen LogP contribution in [0, 0.1) is 0 Å². The Morgan fingerprint density at radius 1 is 1.00 bits per heavy atom. The molecule has 0 spiro atoms. The SMILES string of the molecule is COc1cc(-c2ccc(-c3ccc(N4CC[C@H](NC5CCC5)C4)nn3)c(O)c2)ncn1. The molecule has 2 fully saturated rings. The van der Waals surface area contributed by atoms with Crippen LogP contribution >= 0.6 is 0 Å². The van der Waals surface area contributed by atoms with Crippen molar-refractivity contribution < 1.29 is 9.84 Å². The number of hydrogen-bond acceptors (Lipinski definition) is 8. The molecular formula is C23H26N6O2. The van der Waals surface area contributed by atoms with E-state index in [1.165, 1.54) is 25.6 Å². The summed E-state index contributed by atoms with van der Waals surface area (Å²) < 4.78 is 5.15. The molecule has 1 saturated heterocycles. The highest BCUT2D eigenvalue weighted by Crippen LogP contribution is 2.33. The Labute approximate surface area is 181 Å². The predicted molar refractivity (Wildman–Crippen MR) is 118 cm³/mol. The second kappa shape index (κ2) is 8.47. The summed E-state index contributed by atoms with van der Waals surface area (Å²) in [5.41, 5.74) is 2.72. The van der Waals surface area contributed by atoms with Crippen molar-refractivity contribution in [3.05, 3.63) is 42.7 Å². The van der Waals surface area contributed by atoms with Crippen LogP contribution < -0.4 is 15.0 Å². The average molecular weight is 419 g/mol. The first-order valence-corrected chi connectivity index (χ1v) is 10.7. The average Bonchev–Trinajstić information content (AvgIpc) is 3.25. The number of nitrogens with one attached hydrogen (secondary N) is 1. The quantitative estimate of drug-likeness (QED) is 0.631. The fourth-order valence-corrected chi connectivity index (χ4v) is 4.17. The van der Waals surface area contributed by atoms with Crippen molar-refractivity contribution in [2.24, 2.45) is 0 Å². The minimum Gasteiger partial charge on any atom is -0.507 e. The second-order valence-corrected chi connectivity index (χ2v) is 8.18. The Hall–Kier alpha value is -3.26. The van der Waals surface area contributed by atoms with Gasteiger partial charge in [-0.25, -0.2) is 9.97 Å². The number of ether oxygens (including phenoxy) is 1. The standard InChI is InChI=1S/C23H26N6O2/c1-31-23-12-20(24-14-25-23)15-5-6-18(21(30)11-15)19-7-8-22(28-27-19)29-10-9-17(13-29)26-16-3-2-4-16/h5-8,11-12,14,16-17,26,30H,2-4,9-10,13H2,1H3/t17-/m0/s1. The normalized spacial score (nSPS) is 18.7. The molecule has 160 valence electrons. The third kappa shape index (κ3) is 4.16. The van der Waals surface area contributed by atoms with Gasteiger partial charge in [0.25, 0.3) is 0 Å². The Kier molecular flexibility index (Phi) is 5.38. The molecule has 8 nitrogen and oxygen atoms in total. The van der Waals surface area contributed by atoms with Crippen LogP contribution in [-0.4, -0.2) is 57.6 Å². The molecule has 3 heterocycles.